The molecule has 70 heavy (non-hydrogen) atoms. The first kappa shape index (κ1) is 34.8. The maximum atomic E-state index is 9.54. The molecule has 0 amide bonds. The van der Waals surface area contributed by atoms with Gasteiger partial charge < -0.3 is 9.13 Å². The minimum Gasteiger partial charge on any atom is -0.309 e. The van der Waals surface area contributed by atoms with Crippen molar-refractivity contribution in [3.63, 3.8) is 0 Å². The molecule has 0 fully saturated rings. The van der Waals surface area contributed by atoms with Crippen molar-refractivity contribution in [2.24, 2.45) is 0 Å². The summed E-state index contributed by atoms with van der Waals surface area (Å²) in [5.41, 5.74) is 13.3. The van der Waals surface area contributed by atoms with E-state index < -0.39 is 0 Å². The lowest BCUT2D eigenvalue weighted by Crippen LogP contribution is -2.06. The molecule has 0 bridgehead atoms. The first-order chi connectivity index (χ1) is 36.4. The van der Waals surface area contributed by atoms with Crippen LogP contribution in [0.2, 0.25) is 0 Å². The van der Waals surface area contributed by atoms with Gasteiger partial charge in [-0.05, 0) is 95.5 Å². The average Bonchev–Trinajstić information content (AvgIpc) is 4.19. The molecule has 5 nitrogen and oxygen atoms in total. The molecule has 15 aromatic rings. The Morgan fingerprint density at radius 1 is 0.300 bits per heavy atom. The van der Waals surface area contributed by atoms with E-state index in [9.17, 15) is 2.74 Å². The van der Waals surface area contributed by atoms with Crippen LogP contribution in [0.25, 0.3) is 132 Å². The smallest absolute Gasteiger partial charge is 0.140 e. The van der Waals surface area contributed by atoms with Crippen molar-refractivity contribution >= 4 is 87.2 Å². The van der Waals surface area contributed by atoms with E-state index in [1.807, 2.05) is 28.8 Å². The molecule has 5 heteroatoms. The highest BCUT2D eigenvalue weighted by molar-refractivity contribution is 6.14. The summed E-state index contributed by atoms with van der Waals surface area (Å²) in [6, 6.07) is 78.0. The number of benzene rings is 10. The Kier molecular flexibility index (Phi) is 7.47. The minimum atomic E-state index is -0.298. The summed E-state index contributed by atoms with van der Waals surface area (Å²) in [6.45, 7) is 0. The van der Waals surface area contributed by atoms with Gasteiger partial charge in [0.1, 0.15) is 11.6 Å². The molecule has 0 saturated carbocycles. The Labute approximate surface area is 408 Å². The lowest BCUT2D eigenvalue weighted by molar-refractivity contribution is 1.01. The predicted molar refractivity (Wildman–Crippen MR) is 292 cm³/mol. The third kappa shape index (κ3) is 5.57. The van der Waals surface area contributed by atoms with Gasteiger partial charge in [-0.3, -0.25) is 9.13 Å². The topological polar surface area (TPSA) is 32.6 Å². The number of aromatic nitrogens is 5. The molecular weight excluding hydrogens is 851 g/mol. The van der Waals surface area contributed by atoms with Crippen LogP contribution in [0.5, 0.6) is 0 Å². The highest BCUT2D eigenvalue weighted by Crippen LogP contribution is 2.45. The summed E-state index contributed by atoms with van der Waals surface area (Å²) in [5, 5.41) is 7.98. The number of hydrogen-bond donors (Lipinski definition) is 0. The van der Waals surface area contributed by atoms with Crippen LogP contribution in [-0.4, -0.2) is 23.3 Å². The van der Waals surface area contributed by atoms with Crippen molar-refractivity contribution in [2.45, 2.75) is 0 Å². The van der Waals surface area contributed by atoms with Crippen molar-refractivity contribution < 1.29 is 5.48 Å². The van der Waals surface area contributed by atoms with Crippen LogP contribution in [0, 0.1) is 0 Å². The summed E-state index contributed by atoms with van der Waals surface area (Å²) in [6.07, 6.45) is 0. The van der Waals surface area contributed by atoms with E-state index in [1.54, 1.807) is 0 Å². The second-order valence-electron chi connectivity index (χ2n) is 18.0. The molecule has 0 aliphatic heterocycles. The summed E-state index contributed by atoms with van der Waals surface area (Å²) < 4.78 is 45.6. The van der Waals surface area contributed by atoms with E-state index in [4.69, 9.17) is 7.73 Å². The second kappa shape index (κ2) is 15.0. The molecule has 0 saturated heterocycles. The van der Waals surface area contributed by atoms with Crippen molar-refractivity contribution in [1.29, 1.82) is 0 Å². The van der Waals surface area contributed by atoms with Crippen molar-refractivity contribution in [3.8, 4) is 45.3 Å². The quantitative estimate of drug-likeness (QED) is 0.164. The third-order valence-electron chi connectivity index (χ3n) is 14.3. The molecule has 5 heterocycles. The maximum Gasteiger partial charge on any atom is 0.140 e. The lowest BCUT2D eigenvalue weighted by atomic mass is 9.92. The highest BCUT2D eigenvalue weighted by atomic mass is 15.1. The molecule has 0 unspecified atom stereocenters. The van der Waals surface area contributed by atoms with E-state index >= 15 is 0 Å². The van der Waals surface area contributed by atoms with Gasteiger partial charge in [-0.25, -0.2) is 4.98 Å². The van der Waals surface area contributed by atoms with Gasteiger partial charge in [-0.1, -0.05) is 170 Å². The van der Waals surface area contributed by atoms with Crippen molar-refractivity contribution in [1.82, 2.24) is 23.3 Å². The average molecular weight is 896 g/mol. The number of hydrogen-bond acceptors (Lipinski definition) is 1. The van der Waals surface area contributed by atoms with Crippen molar-refractivity contribution in [3.05, 3.63) is 249 Å². The lowest BCUT2D eigenvalue weighted by Gasteiger charge is -2.21. The summed E-state index contributed by atoms with van der Waals surface area (Å²) in [4.78, 5) is 5.64. The molecule has 0 atom stereocenters. The van der Waals surface area contributed by atoms with E-state index in [0.29, 0.717) is 27.9 Å². The molecule has 0 spiro atoms. The molecular formula is C65H41N5. The van der Waals surface area contributed by atoms with Gasteiger partial charge in [-0.2, -0.15) is 0 Å². The van der Waals surface area contributed by atoms with Crippen molar-refractivity contribution in [2.75, 3.05) is 0 Å². The Morgan fingerprint density at radius 3 is 1.30 bits per heavy atom. The van der Waals surface area contributed by atoms with Crippen LogP contribution in [-0.2, 0) is 0 Å². The second-order valence-corrected chi connectivity index (χ2v) is 18.0. The Balaban J connectivity index is 1.12. The summed E-state index contributed by atoms with van der Waals surface area (Å²) >= 11 is 0. The SMILES string of the molecule is [2H]c1c([2H])c([2H])c2c(c1[2H])c1ccccc1n2-c1cc(-c2c(-c3ccc4c5ccccc5n(-c5ccccc5)c4c3)cccc2-n2c3ccccc3c3ccccc32)cc(-n2c3ccccc3c3ccccc32)n1. The molecule has 0 N–H and O–H groups in total. The fraction of sp³-hybridized carbons (Fsp3) is 0. The largest absolute Gasteiger partial charge is 0.309 e. The van der Waals surface area contributed by atoms with Gasteiger partial charge in [0.05, 0.1) is 55.3 Å². The zero-order valence-electron chi connectivity index (χ0n) is 41.6. The Hall–Kier alpha value is -9.45. The van der Waals surface area contributed by atoms with Gasteiger partial charge in [0, 0.05) is 54.3 Å². The van der Waals surface area contributed by atoms with Gasteiger partial charge in [0.15, 0.2) is 0 Å². The first-order valence-corrected chi connectivity index (χ1v) is 23.6. The van der Waals surface area contributed by atoms with Gasteiger partial charge >= 0.3 is 0 Å². The van der Waals surface area contributed by atoms with E-state index in [0.717, 1.165) is 99.2 Å². The maximum absolute atomic E-state index is 9.54. The first-order valence-electron chi connectivity index (χ1n) is 25.6. The van der Waals surface area contributed by atoms with Crippen LogP contribution in [0.15, 0.2) is 249 Å². The summed E-state index contributed by atoms with van der Waals surface area (Å²) in [7, 11) is 0. The number of para-hydroxylation sites is 8. The monoisotopic (exact) mass is 895 g/mol. The zero-order valence-corrected chi connectivity index (χ0v) is 37.6. The molecule has 0 radical (unpaired) electrons. The van der Waals surface area contributed by atoms with Crippen LogP contribution < -0.4 is 0 Å². The molecule has 10 aromatic carbocycles. The highest BCUT2D eigenvalue weighted by Gasteiger charge is 2.24. The number of fused-ring (bicyclic) bond motifs is 12. The number of pyridine rings is 1. The predicted octanol–water partition coefficient (Wildman–Crippen LogP) is 16.8. The van der Waals surface area contributed by atoms with Crippen LogP contribution in [0.4, 0.5) is 0 Å². The summed E-state index contributed by atoms with van der Waals surface area (Å²) in [5.74, 6) is 1.17. The van der Waals surface area contributed by atoms with Crippen LogP contribution in [0.1, 0.15) is 5.48 Å². The number of nitrogens with zero attached hydrogens (tertiary/aromatic N) is 5. The van der Waals surface area contributed by atoms with Gasteiger partial charge in [0.2, 0.25) is 0 Å². The minimum absolute atomic E-state index is 0.0861. The third-order valence-corrected chi connectivity index (χ3v) is 14.3. The Morgan fingerprint density at radius 2 is 0.743 bits per heavy atom. The number of rotatable bonds is 6. The van der Waals surface area contributed by atoms with Gasteiger partial charge in [0.25, 0.3) is 0 Å². The van der Waals surface area contributed by atoms with E-state index in [1.165, 1.54) is 5.39 Å². The standard InChI is InChI=1S/C65H41N5/c1-2-19-44(20-3-1)67-54-29-11-4-27-52(54)53-38-37-42(39-62(53)67)45-28-18-36-61(68-55-30-12-5-21-46(55)47-22-6-13-31-56(47)68)65(45)43-40-63(69-57-32-14-7-23-48(57)49-24-8-15-33-58(49)69)66-64(41-43)70-59-34-16-9-25-50(59)51-26-10-17-35-60(51)70/h1-41H/i7D,14D,23D,32D. The van der Waals surface area contributed by atoms with E-state index in [2.05, 4.69) is 214 Å². The fourth-order valence-electron chi connectivity index (χ4n) is 11.4. The zero-order chi connectivity index (χ0) is 49.3. The van der Waals surface area contributed by atoms with Crippen LogP contribution >= 0.6 is 0 Å². The van der Waals surface area contributed by atoms with E-state index in [-0.39, 0.29) is 24.2 Å². The molecule has 326 valence electrons. The Bertz CT molecular complexity index is 4740. The normalized spacial score (nSPS) is 12.8. The molecule has 15 rings (SSSR count). The molecule has 5 aromatic heterocycles. The molecule has 0 aliphatic carbocycles. The molecule has 0 aliphatic rings. The van der Waals surface area contributed by atoms with Gasteiger partial charge in [-0.15, -0.1) is 0 Å². The fourth-order valence-corrected chi connectivity index (χ4v) is 11.4. The van der Waals surface area contributed by atoms with Crippen LogP contribution in [0.3, 0.4) is 0 Å².